The van der Waals surface area contributed by atoms with E-state index in [9.17, 15) is 18.3 Å². The maximum Gasteiger partial charge on any atom is 0.417 e. The fraction of sp³-hybridized carbons (Fsp3) is 0.417. The Kier molecular flexibility index (Phi) is 4.86. The third kappa shape index (κ3) is 4.14. The molecule has 1 rings (SSSR count). The number of halogens is 3. The minimum Gasteiger partial charge on any atom is -0.392 e. The van der Waals surface area contributed by atoms with Gasteiger partial charge in [0, 0.05) is 15.7 Å². The number of rotatable bonds is 4. The smallest absolute Gasteiger partial charge is 0.392 e. The summed E-state index contributed by atoms with van der Waals surface area (Å²) in [6.07, 6.45) is -5.13. The van der Waals surface area contributed by atoms with Crippen LogP contribution in [0.25, 0.3) is 0 Å². The van der Waals surface area contributed by atoms with Crippen molar-refractivity contribution in [1.29, 1.82) is 5.41 Å². The molecule has 2 atom stereocenters. The fourth-order valence-electron chi connectivity index (χ4n) is 1.38. The molecule has 1 aromatic carbocycles. The van der Waals surface area contributed by atoms with Crippen LogP contribution in [0.4, 0.5) is 13.2 Å². The van der Waals surface area contributed by atoms with Gasteiger partial charge >= 0.3 is 6.18 Å². The average molecular weight is 292 g/mol. The average Bonchev–Trinajstić information content (AvgIpc) is 2.27. The number of thioether (sulfide) groups is 1. The molecule has 2 unspecified atom stereocenters. The van der Waals surface area contributed by atoms with Gasteiger partial charge < -0.3 is 10.8 Å². The summed E-state index contributed by atoms with van der Waals surface area (Å²) in [7, 11) is 0. The van der Waals surface area contributed by atoms with Crippen LogP contribution in [0.3, 0.4) is 0 Å². The molecular weight excluding hydrogens is 277 g/mol. The summed E-state index contributed by atoms with van der Waals surface area (Å²) in [4.78, 5) is 0.534. The van der Waals surface area contributed by atoms with Crippen LogP contribution >= 0.6 is 11.8 Å². The molecule has 0 fully saturated rings. The van der Waals surface area contributed by atoms with Crippen LogP contribution in [0.1, 0.15) is 25.0 Å². The third-order valence-electron chi connectivity index (χ3n) is 2.59. The first kappa shape index (κ1) is 15.8. The topological polar surface area (TPSA) is 70.1 Å². The zero-order valence-corrected chi connectivity index (χ0v) is 11.3. The standard InChI is InChI=1S/C12H15F3N2OS/c1-6(18)7(2)19-8-3-4-10(12(13,14)15)9(5-8)11(16)17/h3-7,18H,1-2H3,(H3,16,17). The Labute approximate surface area is 113 Å². The van der Waals surface area contributed by atoms with Crippen molar-refractivity contribution in [2.24, 2.45) is 5.73 Å². The van der Waals surface area contributed by atoms with Gasteiger partial charge in [-0.3, -0.25) is 5.41 Å². The predicted molar refractivity (Wildman–Crippen MR) is 69.5 cm³/mol. The summed E-state index contributed by atoms with van der Waals surface area (Å²) >= 11 is 1.23. The van der Waals surface area contributed by atoms with Crippen molar-refractivity contribution in [2.45, 2.75) is 36.3 Å². The summed E-state index contributed by atoms with van der Waals surface area (Å²) in [5.41, 5.74) is 3.94. The van der Waals surface area contributed by atoms with E-state index in [4.69, 9.17) is 11.1 Å². The number of benzene rings is 1. The molecule has 1 aromatic rings. The predicted octanol–water partition coefficient (Wildman–Crippen LogP) is 2.85. The molecule has 0 heterocycles. The van der Waals surface area contributed by atoms with Crippen molar-refractivity contribution in [3.05, 3.63) is 29.3 Å². The zero-order chi connectivity index (χ0) is 14.8. The highest BCUT2D eigenvalue weighted by Crippen LogP contribution is 2.35. The van der Waals surface area contributed by atoms with Gasteiger partial charge in [0.05, 0.1) is 11.7 Å². The third-order valence-corrected chi connectivity index (χ3v) is 3.88. The molecule has 0 aromatic heterocycles. The van der Waals surface area contributed by atoms with Crippen molar-refractivity contribution < 1.29 is 18.3 Å². The number of alkyl halides is 3. The number of nitrogens with two attached hydrogens (primary N) is 1. The molecule has 0 saturated carbocycles. The van der Waals surface area contributed by atoms with Crippen LogP contribution in [-0.2, 0) is 6.18 Å². The molecule has 106 valence electrons. The monoisotopic (exact) mass is 292 g/mol. The minimum atomic E-state index is -4.54. The van der Waals surface area contributed by atoms with Gasteiger partial charge in [-0.15, -0.1) is 11.8 Å². The normalized spacial score (nSPS) is 15.1. The van der Waals surface area contributed by atoms with Crippen molar-refractivity contribution in [2.75, 3.05) is 0 Å². The molecule has 3 nitrogen and oxygen atoms in total. The number of nitrogens with one attached hydrogen (secondary N) is 1. The lowest BCUT2D eigenvalue weighted by molar-refractivity contribution is -0.137. The molecule has 19 heavy (non-hydrogen) atoms. The number of aliphatic hydroxyl groups excluding tert-OH is 1. The highest BCUT2D eigenvalue weighted by Gasteiger charge is 2.34. The lowest BCUT2D eigenvalue weighted by atomic mass is 10.1. The Hall–Kier alpha value is -1.21. The first-order valence-corrected chi connectivity index (χ1v) is 6.41. The molecular formula is C12H15F3N2OS. The van der Waals surface area contributed by atoms with Gasteiger partial charge in [-0.1, -0.05) is 6.92 Å². The van der Waals surface area contributed by atoms with Crippen LogP contribution in [-0.4, -0.2) is 22.3 Å². The van der Waals surface area contributed by atoms with Gasteiger partial charge in [0.2, 0.25) is 0 Å². The Bertz CT molecular complexity index is 475. The molecule has 0 aliphatic carbocycles. The van der Waals surface area contributed by atoms with E-state index in [1.807, 2.05) is 0 Å². The van der Waals surface area contributed by atoms with E-state index in [0.29, 0.717) is 4.90 Å². The van der Waals surface area contributed by atoms with Crippen LogP contribution in [0.2, 0.25) is 0 Å². The van der Waals surface area contributed by atoms with Gasteiger partial charge in [-0.05, 0) is 25.1 Å². The van der Waals surface area contributed by atoms with Gasteiger partial charge in [0.25, 0.3) is 0 Å². The lowest BCUT2D eigenvalue weighted by Crippen LogP contribution is -2.19. The number of amidine groups is 1. The van der Waals surface area contributed by atoms with E-state index in [0.717, 1.165) is 6.07 Å². The van der Waals surface area contributed by atoms with Gasteiger partial charge in [0.1, 0.15) is 5.84 Å². The zero-order valence-electron chi connectivity index (χ0n) is 10.5. The summed E-state index contributed by atoms with van der Waals surface area (Å²) < 4.78 is 38.2. The Balaban J connectivity index is 3.14. The SMILES string of the molecule is CC(O)C(C)Sc1ccc(C(F)(F)F)c(C(=N)N)c1. The second kappa shape index (κ2) is 5.83. The van der Waals surface area contributed by atoms with Crippen LogP contribution in [0, 0.1) is 5.41 Å². The Morgan fingerprint density at radius 3 is 2.37 bits per heavy atom. The van der Waals surface area contributed by atoms with E-state index < -0.39 is 23.7 Å². The van der Waals surface area contributed by atoms with Crippen LogP contribution < -0.4 is 5.73 Å². The van der Waals surface area contributed by atoms with Crippen LogP contribution in [0.5, 0.6) is 0 Å². The summed E-state index contributed by atoms with van der Waals surface area (Å²) in [6, 6.07) is 3.46. The van der Waals surface area contributed by atoms with Crippen molar-refractivity contribution in [1.82, 2.24) is 0 Å². The van der Waals surface area contributed by atoms with E-state index in [1.165, 1.54) is 23.9 Å². The second-order valence-corrected chi connectivity index (χ2v) is 5.63. The van der Waals surface area contributed by atoms with Crippen LogP contribution in [0.15, 0.2) is 23.1 Å². The van der Waals surface area contributed by atoms with E-state index in [1.54, 1.807) is 13.8 Å². The molecule has 7 heteroatoms. The maximum atomic E-state index is 12.7. The van der Waals surface area contributed by atoms with Crippen molar-refractivity contribution in [3.63, 3.8) is 0 Å². The van der Waals surface area contributed by atoms with Gasteiger partial charge in [-0.2, -0.15) is 13.2 Å². The van der Waals surface area contributed by atoms with E-state index >= 15 is 0 Å². The maximum absolute atomic E-state index is 12.7. The second-order valence-electron chi connectivity index (χ2n) is 4.18. The molecule has 0 bridgehead atoms. The summed E-state index contributed by atoms with van der Waals surface area (Å²) in [5.74, 6) is -0.625. The first-order valence-electron chi connectivity index (χ1n) is 5.53. The molecule has 0 saturated heterocycles. The van der Waals surface area contributed by atoms with E-state index in [2.05, 4.69) is 0 Å². The first-order chi connectivity index (χ1) is 8.62. The van der Waals surface area contributed by atoms with Gasteiger partial charge in [0.15, 0.2) is 0 Å². The largest absolute Gasteiger partial charge is 0.417 e. The number of hydrogen-bond acceptors (Lipinski definition) is 3. The minimum absolute atomic E-state index is 0.170. The van der Waals surface area contributed by atoms with Gasteiger partial charge in [-0.25, -0.2) is 0 Å². The summed E-state index contributed by atoms with van der Waals surface area (Å²) in [6.45, 7) is 3.37. The van der Waals surface area contributed by atoms with Crippen molar-refractivity contribution >= 4 is 17.6 Å². The van der Waals surface area contributed by atoms with E-state index in [-0.39, 0.29) is 10.8 Å². The number of hydrogen-bond donors (Lipinski definition) is 3. The quantitative estimate of drug-likeness (QED) is 0.454. The van der Waals surface area contributed by atoms with Crippen molar-refractivity contribution in [3.8, 4) is 0 Å². The molecule has 0 spiro atoms. The number of aliphatic hydroxyl groups is 1. The molecule has 0 aliphatic heterocycles. The Morgan fingerprint density at radius 2 is 1.95 bits per heavy atom. The highest BCUT2D eigenvalue weighted by atomic mass is 32.2. The highest BCUT2D eigenvalue weighted by molar-refractivity contribution is 8.00. The Morgan fingerprint density at radius 1 is 1.37 bits per heavy atom. The molecule has 4 N–H and O–H groups in total. The molecule has 0 radical (unpaired) electrons. The lowest BCUT2D eigenvalue weighted by Gasteiger charge is -2.17. The number of nitrogen functional groups attached to an aromatic ring is 1. The molecule has 0 amide bonds. The summed E-state index contributed by atoms with van der Waals surface area (Å²) in [5, 5.41) is 16.4. The molecule has 0 aliphatic rings. The fourth-order valence-corrected chi connectivity index (χ4v) is 2.34.